The van der Waals surface area contributed by atoms with Gasteiger partial charge in [-0.3, -0.25) is 9.10 Å². The minimum absolute atomic E-state index is 0.124. The number of rotatable bonds is 3. The summed E-state index contributed by atoms with van der Waals surface area (Å²) in [6.07, 6.45) is 0.110. The Hall–Kier alpha value is -1.52. The standard InChI is InChI=1S/C17H16ClIN2O4S/c1-10-7-12(19)4-5-13(10)20-17(22)16-9-21(26(2,23)24)14-8-11(18)3-6-15(14)25-16/h3-8,16H,9H2,1-2H3,(H,20,22)/t16-/m1/s1. The summed E-state index contributed by atoms with van der Waals surface area (Å²) in [7, 11) is -3.60. The van der Waals surface area contributed by atoms with Gasteiger partial charge < -0.3 is 10.1 Å². The average Bonchev–Trinajstić information content (AvgIpc) is 2.55. The highest BCUT2D eigenvalue weighted by Gasteiger charge is 2.35. The Labute approximate surface area is 170 Å². The van der Waals surface area contributed by atoms with E-state index < -0.39 is 22.0 Å². The first kappa shape index (κ1) is 19.2. The lowest BCUT2D eigenvalue weighted by molar-refractivity contribution is -0.122. The summed E-state index contributed by atoms with van der Waals surface area (Å²) < 4.78 is 32.3. The van der Waals surface area contributed by atoms with Crippen LogP contribution in [0.25, 0.3) is 0 Å². The monoisotopic (exact) mass is 506 g/mol. The van der Waals surface area contributed by atoms with Gasteiger partial charge in [0.1, 0.15) is 5.75 Å². The molecule has 26 heavy (non-hydrogen) atoms. The fourth-order valence-corrected chi connectivity index (χ4v) is 4.38. The molecule has 0 aliphatic carbocycles. The van der Waals surface area contributed by atoms with Gasteiger partial charge in [0.15, 0.2) is 6.10 Å². The van der Waals surface area contributed by atoms with Gasteiger partial charge in [0.25, 0.3) is 5.91 Å². The van der Waals surface area contributed by atoms with Crippen molar-refractivity contribution in [3.05, 3.63) is 50.6 Å². The molecule has 0 radical (unpaired) electrons. The van der Waals surface area contributed by atoms with Gasteiger partial charge in [0.2, 0.25) is 10.0 Å². The third kappa shape index (κ3) is 4.07. The fraction of sp³-hybridized carbons (Fsp3) is 0.235. The molecule has 1 aliphatic rings. The van der Waals surface area contributed by atoms with E-state index in [1.165, 1.54) is 6.07 Å². The Balaban J connectivity index is 1.89. The third-order valence-electron chi connectivity index (χ3n) is 3.93. The molecular weight excluding hydrogens is 491 g/mol. The lowest BCUT2D eigenvalue weighted by Crippen LogP contribution is -2.48. The lowest BCUT2D eigenvalue weighted by Gasteiger charge is -2.34. The van der Waals surface area contributed by atoms with Gasteiger partial charge in [-0.2, -0.15) is 0 Å². The molecule has 2 aromatic rings. The molecular formula is C17H16ClIN2O4S. The number of hydrogen-bond donors (Lipinski definition) is 1. The molecule has 0 saturated heterocycles. The number of carbonyl (C=O) groups is 1. The molecule has 0 fully saturated rings. The van der Waals surface area contributed by atoms with Crippen molar-refractivity contribution in [2.24, 2.45) is 0 Å². The highest BCUT2D eigenvalue weighted by molar-refractivity contribution is 14.1. The van der Waals surface area contributed by atoms with E-state index in [-0.39, 0.29) is 6.54 Å². The maximum atomic E-state index is 12.7. The van der Waals surface area contributed by atoms with E-state index in [0.29, 0.717) is 22.1 Å². The van der Waals surface area contributed by atoms with Crippen molar-refractivity contribution in [2.75, 3.05) is 22.4 Å². The van der Waals surface area contributed by atoms with E-state index in [0.717, 1.165) is 19.7 Å². The summed E-state index contributed by atoms with van der Waals surface area (Å²) in [6.45, 7) is 1.76. The Kier molecular flexibility index (Phi) is 5.36. The first-order chi connectivity index (χ1) is 12.1. The van der Waals surface area contributed by atoms with Gasteiger partial charge in [0.05, 0.1) is 18.5 Å². The average molecular weight is 507 g/mol. The second kappa shape index (κ2) is 7.24. The van der Waals surface area contributed by atoms with Crippen molar-refractivity contribution < 1.29 is 17.9 Å². The van der Waals surface area contributed by atoms with Crippen molar-refractivity contribution in [2.45, 2.75) is 13.0 Å². The molecule has 1 aliphatic heterocycles. The van der Waals surface area contributed by atoms with Crippen LogP contribution in [0.15, 0.2) is 36.4 Å². The molecule has 2 aromatic carbocycles. The first-order valence-corrected chi connectivity index (χ1v) is 11.0. The number of anilines is 2. The summed E-state index contributed by atoms with van der Waals surface area (Å²) in [5.74, 6) is -0.117. The van der Waals surface area contributed by atoms with E-state index >= 15 is 0 Å². The summed E-state index contributed by atoms with van der Waals surface area (Å²) in [6, 6.07) is 10.3. The van der Waals surface area contributed by atoms with E-state index in [1.54, 1.807) is 18.2 Å². The highest BCUT2D eigenvalue weighted by Crippen LogP contribution is 2.37. The van der Waals surface area contributed by atoms with E-state index in [9.17, 15) is 13.2 Å². The van der Waals surface area contributed by atoms with Crippen molar-refractivity contribution in [1.29, 1.82) is 0 Å². The Morgan fingerprint density at radius 3 is 2.69 bits per heavy atom. The number of benzene rings is 2. The summed E-state index contributed by atoms with van der Waals surface area (Å²) in [5.41, 5.74) is 1.90. The van der Waals surface area contributed by atoms with E-state index in [4.69, 9.17) is 16.3 Å². The number of sulfonamides is 1. The van der Waals surface area contributed by atoms with Gasteiger partial charge in [-0.1, -0.05) is 11.6 Å². The Morgan fingerprint density at radius 1 is 1.31 bits per heavy atom. The predicted octanol–water partition coefficient (Wildman–Crippen LogP) is 3.42. The molecule has 138 valence electrons. The van der Waals surface area contributed by atoms with E-state index in [2.05, 4.69) is 27.9 Å². The number of nitrogens with one attached hydrogen (secondary N) is 1. The second-order valence-electron chi connectivity index (χ2n) is 5.96. The summed E-state index contributed by atoms with van der Waals surface area (Å²) in [4.78, 5) is 12.7. The molecule has 1 amide bonds. The highest BCUT2D eigenvalue weighted by atomic mass is 127. The van der Waals surface area contributed by atoms with Gasteiger partial charge in [-0.05, 0) is 71.5 Å². The van der Waals surface area contributed by atoms with Crippen LogP contribution in [0.1, 0.15) is 5.56 Å². The summed E-state index contributed by atoms with van der Waals surface area (Å²) in [5, 5.41) is 3.19. The van der Waals surface area contributed by atoms with Crippen LogP contribution in [0.3, 0.4) is 0 Å². The minimum Gasteiger partial charge on any atom is -0.476 e. The molecule has 6 nitrogen and oxygen atoms in total. The van der Waals surface area contributed by atoms with Crippen LogP contribution in [0.2, 0.25) is 5.02 Å². The normalized spacial score (nSPS) is 16.6. The number of amides is 1. The van der Waals surface area contributed by atoms with Crippen molar-refractivity contribution in [3.8, 4) is 5.75 Å². The maximum absolute atomic E-state index is 12.7. The van der Waals surface area contributed by atoms with Crippen LogP contribution >= 0.6 is 34.2 Å². The molecule has 0 spiro atoms. The fourth-order valence-electron chi connectivity index (χ4n) is 2.66. The van der Waals surface area contributed by atoms with Gasteiger partial charge in [-0.15, -0.1) is 0 Å². The zero-order chi connectivity index (χ0) is 19.1. The Bertz CT molecular complexity index is 981. The van der Waals surface area contributed by atoms with Crippen molar-refractivity contribution in [3.63, 3.8) is 0 Å². The number of halogens is 2. The SMILES string of the molecule is Cc1cc(I)ccc1NC(=O)[C@H]1CN(S(C)(=O)=O)c2cc(Cl)ccc2O1. The van der Waals surface area contributed by atoms with Crippen LogP contribution in [0, 0.1) is 10.5 Å². The second-order valence-corrected chi connectivity index (χ2v) is 9.55. The molecule has 0 saturated carbocycles. The quantitative estimate of drug-likeness (QED) is 0.648. The zero-order valence-electron chi connectivity index (χ0n) is 14.0. The number of ether oxygens (including phenoxy) is 1. The van der Waals surface area contributed by atoms with Gasteiger partial charge in [-0.25, -0.2) is 8.42 Å². The molecule has 9 heteroatoms. The molecule has 3 rings (SSSR count). The van der Waals surface area contributed by atoms with Crippen LogP contribution < -0.4 is 14.4 Å². The third-order valence-corrected chi connectivity index (χ3v) is 5.98. The number of aryl methyl sites for hydroxylation is 1. The molecule has 1 heterocycles. The maximum Gasteiger partial charge on any atom is 0.267 e. The Morgan fingerprint density at radius 2 is 2.04 bits per heavy atom. The van der Waals surface area contributed by atoms with Crippen LogP contribution in [-0.2, 0) is 14.8 Å². The van der Waals surface area contributed by atoms with E-state index in [1.807, 2.05) is 19.1 Å². The largest absolute Gasteiger partial charge is 0.476 e. The predicted molar refractivity (Wildman–Crippen MR) is 111 cm³/mol. The molecule has 1 N–H and O–H groups in total. The molecule has 0 unspecified atom stereocenters. The smallest absolute Gasteiger partial charge is 0.267 e. The van der Waals surface area contributed by atoms with Crippen LogP contribution in [0.4, 0.5) is 11.4 Å². The topological polar surface area (TPSA) is 75.7 Å². The number of nitrogens with zero attached hydrogens (tertiary/aromatic N) is 1. The minimum atomic E-state index is -3.60. The van der Waals surface area contributed by atoms with Crippen LogP contribution in [0.5, 0.6) is 5.75 Å². The van der Waals surface area contributed by atoms with Gasteiger partial charge in [0, 0.05) is 14.3 Å². The zero-order valence-corrected chi connectivity index (χ0v) is 17.7. The summed E-state index contributed by atoms with van der Waals surface area (Å²) >= 11 is 8.16. The first-order valence-electron chi connectivity index (χ1n) is 7.66. The molecule has 0 bridgehead atoms. The number of fused-ring (bicyclic) bond motifs is 1. The lowest BCUT2D eigenvalue weighted by atomic mass is 10.2. The number of hydrogen-bond acceptors (Lipinski definition) is 4. The number of carbonyl (C=O) groups excluding carboxylic acids is 1. The van der Waals surface area contributed by atoms with Crippen molar-refractivity contribution in [1.82, 2.24) is 0 Å². The van der Waals surface area contributed by atoms with Crippen LogP contribution in [-0.4, -0.2) is 33.2 Å². The van der Waals surface area contributed by atoms with Crippen molar-refractivity contribution >= 4 is 61.5 Å². The molecule has 1 atom stereocenters. The molecule has 0 aromatic heterocycles. The van der Waals surface area contributed by atoms with Gasteiger partial charge >= 0.3 is 0 Å².